The molecule has 1 saturated carbocycles. The van der Waals surface area contributed by atoms with Gasteiger partial charge in [-0.2, -0.15) is 0 Å². The van der Waals surface area contributed by atoms with E-state index in [0.717, 1.165) is 17.8 Å². The molecular weight excluding hydrogens is 348 g/mol. The van der Waals surface area contributed by atoms with Crippen LogP contribution in [0.2, 0.25) is 0 Å². The van der Waals surface area contributed by atoms with Gasteiger partial charge in [-0.3, -0.25) is 0 Å². The van der Waals surface area contributed by atoms with Crippen LogP contribution in [-0.2, 0) is 12.8 Å². The number of benzene rings is 1. The molecule has 0 bridgehead atoms. The van der Waals surface area contributed by atoms with Gasteiger partial charge in [-0.05, 0) is 79.4 Å². The predicted octanol–water partition coefficient (Wildman–Crippen LogP) is 9.40. The summed E-state index contributed by atoms with van der Waals surface area (Å²) in [6, 6.07) is 7.65. The summed E-state index contributed by atoms with van der Waals surface area (Å²) in [5.41, 5.74) is 5.06. The van der Waals surface area contributed by atoms with Gasteiger partial charge in [-0.1, -0.05) is 103 Å². The minimum Gasteiger partial charge on any atom is -0.0654 e. The van der Waals surface area contributed by atoms with Crippen molar-refractivity contribution in [3.8, 4) is 0 Å². The van der Waals surface area contributed by atoms with E-state index in [2.05, 4.69) is 32.0 Å². The van der Waals surface area contributed by atoms with Crippen molar-refractivity contribution >= 4 is 0 Å². The van der Waals surface area contributed by atoms with E-state index in [0.29, 0.717) is 0 Å². The first-order chi connectivity index (χ1) is 14.3. The smallest absolute Gasteiger partial charge is 0.0162 e. The summed E-state index contributed by atoms with van der Waals surface area (Å²) in [6.45, 7) is 4.63. The van der Waals surface area contributed by atoms with E-state index < -0.39 is 0 Å². The second kappa shape index (κ2) is 12.8. The fraction of sp³-hybridized carbons (Fsp3) is 0.793. The molecule has 1 atom stereocenters. The van der Waals surface area contributed by atoms with E-state index in [4.69, 9.17) is 0 Å². The Bertz CT molecular complexity index is 563. The summed E-state index contributed by atoms with van der Waals surface area (Å²) >= 11 is 0. The van der Waals surface area contributed by atoms with Gasteiger partial charge in [0.05, 0.1) is 0 Å². The number of rotatable bonds is 12. The zero-order chi connectivity index (χ0) is 20.3. The Morgan fingerprint density at radius 2 is 1.31 bits per heavy atom. The van der Waals surface area contributed by atoms with Crippen molar-refractivity contribution in [3.63, 3.8) is 0 Å². The van der Waals surface area contributed by atoms with E-state index in [1.807, 2.05) is 0 Å². The van der Waals surface area contributed by atoms with Crippen molar-refractivity contribution in [1.29, 1.82) is 0 Å². The quantitative estimate of drug-likeness (QED) is 0.309. The Balaban J connectivity index is 1.41. The molecule has 0 spiro atoms. The number of aryl methyl sites for hydroxylation is 1. The lowest BCUT2D eigenvalue weighted by Gasteiger charge is -2.30. The molecule has 1 fully saturated rings. The molecule has 0 N–H and O–H groups in total. The predicted molar refractivity (Wildman–Crippen MR) is 129 cm³/mol. The lowest BCUT2D eigenvalue weighted by atomic mass is 9.75. The Hall–Kier alpha value is -0.780. The maximum atomic E-state index is 2.62. The van der Waals surface area contributed by atoms with Crippen molar-refractivity contribution in [2.24, 2.45) is 11.8 Å². The molecular formula is C29H48. The number of unbranched alkanes of at least 4 members (excludes halogenated alkanes) is 7. The third kappa shape index (κ3) is 7.45. The van der Waals surface area contributed by atoms with Crippen molar-refractivity contribution in [2.45, 2.75) is 135 Å². The maximum absolute atomic E-state index is 2.62. The van der Waals surface area contributed by atoms with E-state index in [1.165, 1.54) is 116 Å². The van der Waals surface area contributed by atoms with Gasteiger partial charge < -0.3 is 0 Å². The summed E-state index contributed by atoms with van der Waals surface area (Å²) in [4.78, 5) is 0. The third-order valence-corrected chi connectivity index (χ3v) is 8.06. The highest BCUT2D eigenvalue weighted by Crippen LogP contribution is 2.39. The van der Waals surface area contributed by atoms with Crippen LogP contribution in [0.25, 0.3) is 0 Å². The largest absolute Gasteiger partial charge is 0.0654 e. The molecule has 0 amide bonds. The monoisotopic (exact) mass is 396 g/mol. The van der Waals surface area contributed by atoms with Crippen molar-refractivity contribution in [2.75, 3.05) is 0 Å². The van der Waals surface area contributed by atoms with Crippen molar-refractivity contribution < 1.29 is 0 Å². The molecule has 0 nitrogen and oxygen atoms in total. The van der Waals surface area contributed by atoms with Crippen molar-refractivity contribution in [3.05, 3.63) is 34.9 Å². The van der Waals surface area contributed by atoms with E-state index >= 15 is 0 Å². The second-order valence-electron chi connectivity index (χ2n) is 10.4. The third-order valence-electron chi connectivity index (χ3n) is 8.06. The van der Waals surface area contributed by atoms with Crippen LogP contribution in [0.1, 0.15) is 139 Å². The highest BCUT2D eigenvalue weighted by atomic mass is 14.3. The topological polar surface area (TPSA) is 0 Å². The summed E-state index contributed by atoms with van der Waals surface area (Å²) in [6.07, 6.45) is 25.8. The first-order valence-corrected chi connectivity index (χ1v) is 13.4. The highest BCUT2D eigenvalue weighted by Gasteiger charge is 2.24. The Labute approximate surface area is 182 Å². The molecule has 0 radical (unpaired) electrons. The molecule has 2 aliphatic carbocycles. The fourth-order valence-corrected chi connectivity index (χ4v) is 6.03. The summed E-state index contributed by atoms with van der Waals surface area (Å²) in [7, 11) is 0. The van der Waals surface area contributed by atoms with Crippen LogP contribution in [0.5, 0.6) is 0 Å². The SMILES string of the molecule is CCCCCCCCC1CCc2cc(C3CCC(CCCCC)CC3)ccc2C1. The zero-order valence-electron chi connectivity index (χ0n) is 19.7. The molecule has 1 unspecified atom stereocenters. The molecule has 1 aromatic rings. The van der Waals surface area contributed by atoms with Gasteiger partial charge in [0, 0.05) is 0 Å². The Morgan fingerprint density at radius 1 is 0.655 bits per heavy atom. The standard InChI is InChI=1S/C29H48/c1-3-5-7-8-9-11-13-25-16-19-29-23-28(21-20-27(29)22-25)26-17-14-24(15-18-26)12-10-6-4-2/h20-21,23-26H,3-19,22H2,1-2H3. The highest BCUT2D eigenvalue weighted by molar-refractivity contribution is 5.36. The molecule has 0 aliphatic heterocycles. The molecule has 3 rings (SSSR count). The molecule has 0 aromatic heterocycles. The maximum Gasteiger partial charge on any atom is -0.0162 e. The Kier molecular flexibility index (Phi) is 10.1. The molecule has 1 aromatic carbocycles. The molecule has 0 heterocycles. The Morgan fingerprint density at radius 3 is 2.10 bits per heavy atom. The van der Waals surface area contributed by atoms with Crippen LogP contribution in [0, 0.1) is 11.8 Å². The average molecular weight is 397 g/mol. The molecule has 0 saturated heterocycles. The first-order valence-electron chi connectivity index (χ1n) is 13.4. The second-order valence-corrected chi connectivity index (χ2v) is 10.4. The van der Waals surface area contributed by atoms with Crippen LogP contribution in [0.4, 0.5) is 0 Å². The minimum absolute atomic E-state index is 0.851. The molecule has 0 heteroatoms. The number of fused-ring (bicyclic) bond motifs is 1. The minimum atomic E-state index is 0.851. The normalized spacial score (nSPS) is 24.4. The van der Waals surface area contributed by atoms with Gasteiger partial charge in [0.25, 0.3) is 0 Å². The van der Waals surface area contributed by atoms with Crippen LogP contribution in [-0.4, -0.2) is 0 Å². The molecule has 164 valence electrons. The average Bonchev–Trinajstić information content (AvgIpc) is 2.76. The molecule has 2 aliphatic rings. The van der Waals surface area contributed by atoms with E-state index in [9.17, 15) is 0 Å². The first kappa shape index (κ1) is 22.9. The summed E-state index contributed by atoms with van der Waals surface area (Å²) in [5, 5.41) is 0. The summed E-state index contributed by atoms with van der Waals surface area (Å²) in [5.74, 6) is 2.83. The number of hydrogen-bond acceptors (Lipinski definition) is 0. The van der Waals surface area contributed by atoms with Crippen LogP contribution in [0.15, 0.2) is 18.2 Å². The van der Waals surface area contributed by atoms with Gasteiger partial charge in [-0.15, -0.1) is 0 Å². The van der Waals surface area contributed by atoms with E-state index in [-0.39, 0.29) is 0 Å². The van der Waals surface area contributed by atoms with Gasteiger partial charge in [-0.25, -0.2) is 0 Å². The van der Waals surface area contributed by atoms with Crippen LogP contribution >= 0.6 is 0 Å². The van der Waals surface area contributed by atoms with Gasteiger partial charge >= 0.3 is 0 Å². The van der Waals surface area contributed by atoms with Gasteiger partial charge in [0.2, 0.25) is 0 Å². The zero-order valence-corrected chi connectivity index (χ0v) is 19.7. The molecule has 29 heavy (non-hydrogen) atoms. The van der Waals surface area contributed by atoms with Crippen LogP contribution < -0.4 is 0 Å². The van der Waals surface area contributed by atoms with Crippen molar-refractivity contribution in [1.82, 2.24) is 0 Å². The number of hydrogen-bond donors (Lipinski definition) is 0. The lowest BCUT2D eigenvalue weighted by molar-refractivity contribution is 0.302. The van der Waals surface area contributed by atoms with Gasteiger partial charge in [0.15, 0.2) is 0 Å². The van der Waals surface area contributed by atoms with E-state index in [1.54, 1.807) is 16.7 Å². The fourth-order valence-electron chi connectivity index (χ4n) is 6.03. The lowest BCUT2D eigenvalue weighted by Crippen LogP contribution is -2.16. The van der Waals surface area contributed by atoms with Gasteiger partial charge in [0.1, 0.15) is 0 Å². The van der Waals surface area contributed by atoms with Crippen LogP contribution in [0.3, 0.4) is 0 Å². The summed E-state index contributed by atoms with van der Waals surface area (Å²) < 4.78 is 0.